The van der Waals surface area contributed by atoms with Crippen molar-refractivity contribution in [3.63, 3.8) is 0 Å². The summed E-state index contributed by atoms with van der Waals surface area (Å²) in [5, 5.41) is 24.3. The van der Waals surface area contributed by atoms with Crippen LogP contribution in [0.2, 0.25) is 0 Å². The first-order valence-electron chi connectivity index (χ1n) is 19.0. The predicted octanol–water partition coefficient (Wildman–Crippen LogP) is 7.64. The van der Waals surface area contributed by atoms with Crippen molar-refractivity contribution in [2.75, 3.05) is 18.9 Å². The number of ether oxygens (including phenoxy) is 1. The summed E-state index contributed by atoms with van der Waals surface area (Å²) >= 11 is 0. The van der Waals surface area contributed by atoms with Gasteiger partial charge < -0.3 is 25.2 Å². The first-order chi connectivity index (χ1) is 25.6. The van der Waals surface area contributed by atoms with Crippen molar-refractivity contribution in [2.45, 2.75) is 135 Å². The van der Waals surface area contributed by atoms with E-state index in [2.05, 4.69) is 32.9 Å². The van der Waals surface area contributed by atoms with Gasteiger partial charge >= 0.3 is 19.8 Å². The van der Waals surface area contributed by atoms with Gasteiger partial charge in [0.15, 0.2) is 17.0 Å². The van der Waals surface area contributed by atoms with Crippen LogP contribution in [0, 0.1) is 24.3 Å². The minimum atomic E-state index is -4.27. The highest BCUT2D eigenvalue weighted by molar-refractivity contribution is 7.52. The number of nitrogen functional groups attached to an aromatic ring is 1. The summed E-state index contributed by atoms with van der Waals surface area (Å²) in [5.41, 5.74) is 5.69. The van der Waals surface area contributed by atoms with Crippen molar-refractivity contribution in [1.82, 2.24) is 24.6 Å². The van der Waals surface area contributed by atoms with Crippen LogP contribution in [0.1, 0.15) is 123 Å². The average molecular weight is 761 g/mol. The van der Waals surface area contributed by atoms with Crippen LogP contribution < -0.4 is 15.3 Å². The molecule has 2 heterocycles. The number of esters is 1. The van der Waals surface area contributed by atoms with E-state index < -0.39 is 50.7 Å². The highest BCUT2D eigenvalue weighted by atomic mass is 31.2. The van der Waals surface area contributed by atoms with E-state index in [-0.39, 0.29) is 35.8 Å². The number of carbonyl (C=O) groups is 1. The van der Waals surface area contributed by atoms with Gasteiger partial charge in [0.1, 0.15) is 18.0 Å². The number of rotatable bonds is 28. The van der Waals surface area contributed by atoms with Gasteiger partial charge in [0.05, 0.1) is 31.6 Å². The maximum absolute atomic E-state index is 13.9. The number of aliphatic hydroxyl groups excluding tert-OH is 2. The second-order valence-corrected chi connectivity index (χ2v) is 15.1. The van der Waals surface area contributed by atoms with E-state index in [1.165, 1.54) is 83.9 Å². The molecular formula is C38H58FN6O7P. The summed E-state index contributed by atoms with van der Waals surface area (Å²) in [6, 6.07) is 7.16. The maximum Gasteiger partial charge on any atom is 0.459 e. The maximum atomic E-state index is 13.9. The predicted molar refractivity (Wildman–Crippen MR) is 203 cm³/mol. The van der Waals surface area contributed by atoms with E-state index in [4.69, 9.17) is 25.9 Å². The van der Waals surface area contributed by atoms with Crippen molar-refractivity contribution < 1.29 is 37.7 Å². The van der Waals surface area contributed by atoms with E-state index in [9.17, 15) is 24.0 Å². The molecule has 1 aromatic carbocycles. The smallest absolute Gasteiger partial charge is 0.459 e. The van der Waals surface area contributed by atoms with E-state index in [1.807, 2.05) is 0 Å². The number of terminal acetylenes is 1. The third kappa shape index (κ3) is 15.7. The summed E-state index contributed by atoms with van der Waals surface area (Å²) in [7, 11) is -4.27. The van der Waals surface area contributed by atoms with Crippen molar-refractivity contribution in [2.24, 2.45) is 5.92 Å². The Balaban J connectivity index is 1.42. The zero-order chi connectivity index (χ0) is 38.5. The minimum absolute atomic E-state index is 0.0734. The average Bonchev–Trinajstić information content (AvgIpc) is 3.56. The number of nitrogens with one attached hydrogen (secondary N) is 1. The Kier molecular flexibility index (Phi) is 19.8. The Hall–Kier alpha value is -3.60. The number of fused-ring (bicyclic) bond motifs is 1. The Morgan fingerprint density at radius 1 is 0.981 bits per heavy atom. The number of anilines is 1. The van der Waals surface area contributed by atoms with Crippen LogP contribution in [0.25, 0.3) is 11.2 Å². The van der Waals surface area contributed by atoms with Crippen LogP contribution >= 0.6 is 7.75 Å². The fourth-order valence-electron chi connectivity index (χ4n) is 5.84. The van der Waals surface area contributed by atoms with Crippen molar-refractivity contribution in [3.8, 4) is 18.1 Å². The van der Waals surface area contributed by atoms with Gasteiger partial charge in [-0.3, -0.25) is 13.9 Å². The number of hydrogen-bond acceptors (Lipinski definition) is 11. The number of benzene rings is 1. The monoisotopic (exact) mass is 760 g/mol. The SMILES string of the molecule is C#C[C@@H](COP(=O)(N[C@@H](C)C(=O)OCCCCCCCCCCCCCCCCC)Oc1ccccc1)[C@@H](O)C[C@@H](O)n1cnc2c(N)nc(F)nc21. The van der Waals surface area contributed by atoms with E-state index in [0.29, 0.717) is 0 Å². The highest BCUT2D eigenvalue weighted by Gasteiger charge is 2.34. The topological polar surface area (TPSA) is 184 Å². The third-order valence-electron chi connectivity index (χ3n) is 8.96. The molecule has 3 rings (SSSR count). The molecular weight excluding hydrogens is 702 g/mol. The largest absolute Gasteiger partial charge is 0.465 e. The van der Waals surface area contributed by atoms with Crippen LogP contribution in [-0.2, 0) is 18.6 Å². The molecule has 0 bridgehead atoms. The van der Waals surface area contributed by atoms with Crippen LogP contribution in [-0.4, -0.2) is 61.1 Å². The number of hydrogen-bond donors (Lipinski definition) is 4. The lowest BCUT2D eigenvalue weighted by molar-refractivity contribution is -0.145. The molecule has 294 valence electrons. The fraction of sp³-hybridized carbons (Fsp3) is 0.632. The number of para-hydroxylation sites is 1. The number of carbonyl (C=O) groups excluding carboxylic acids is 1. The molecule has 0 saturated heterocycles. The molecule has 0 fully saturated rings. The second-order valence-electron chi connectivity index (χ2n) is 13.4. The second kappa shape index (κ2) is 23.9. The Bertz CT molecular complexity index is 1590. The quantitative estimate of drug-likeness (QED) is 0.0187. The van der Waals surface area contributed by atoms with Crippen molar-refractivity contribution >= 4 is 30.7 Å². The molecule has 0 spiro atoms. The summed E-state index contributed by atoms with van der Waals surface area (Å²) in [6.45, 7) is 3.49. The number of nitrogens with zero attached hydrogens (tertiary/aromatic N) is 4. The standard InChI is InChI=1S/C38H58FN6O7P/c1-4-6-7-8-9-10-11-12-13-14-15-16-17-18-22-25-50-37(48)29(3)44-53(49,52-31-23-20-19-21-24-31)51-27-30(5-2)32(46)26-33(47)45-28-41-34-35(40)42-38(39)43-36(34)45/h2,19-21,23-24,28-30,32-33,46-47H,4,6-18,22,25-27H2,1,3H3,(H,44,49)(H2,40,42,43)/t29-,30-,32-,33+,53?/m0/s1. The lowest BCUT2D eigenvalue weighted by Gasteiger charge is -2.26. The number of aliphatic hydroxyl groups is 2. The number of aromatic nitrogens is 4. The Morgan fingerprint density at radius 2 is 1.57 bits per heavy atom. The number of halogens is 1. The van der Waals surface area contributed by atoms with Crippen molar-refractivity contribution in [1.29, 1.82) is 0 Å². The van der Waals surface area contributed by atoms with Gasteiger partial charge in [-0.15, -0.1) is 6.42 Å². The summed E-state index contributed by atoms with van der Waals surface area (Å²) in [4.78, 5) is 23.9. The summed E-state index contributed by atoms with van der Waals surface area (Å²) in [5.74, 6) is 0.666. The number of nitrogens with two attached hydrogens (primary N) is 1. The molecule has 15 heteroatoms. The lowest BCUT2D eigenvalue weighted by Crippen LogP contribution is -2.36. The van der Waals surface area contributed by atoms with Gasteiger partial charge in [-0.05, 0) is 25.5 Å². The van der Waals surface area contributed by atoms with Crippen LogP contribution in [0.15, 0.2) is 36.7 Å². The molecule has 0 aliphatic carbocycles. The van der Waals surface area contributed by atoms with Crippen LogP contribution in [0.4, 0.5) is 10.2 Å². The van der Waals surface area contributed by atoms with Gasteiger partial charge in [0.2, 0.25) is 0 Å². The van der Waals surface area contributed by atoms with E-state index in [0.717, 1.165) is 30.3 Å². The molecule has 1 unspecified atom stereocenters. The summed E-state index contributed by atoms with van der Waals surface area (Å²) < 4.78 is 45.6. The first-order valence-corrected chi connectivity index (χ1v) is 20.5. The minimum Gasteiger partial charge on any atom is -0.465 e. The molecule has 0 aliphatic heterocycles. The van der Waals surface area contributed by atoms with E-state index in [1.54, 1.807) is 30.3 Å². The van der Waals surface area contributed by atoms with Gasteiger partial charge in [-0.25, -0.2) is 9.55 Å². The lowest BCUT2D eigenvalue weighted by atomic mass is 10.0. The molecule has 0 saturated carbocycles. The molecule has 2 aromatic heterocycles. The first kappa shape index (κ1) is 43.8. The summed E-state index contributed by atoms with van der Waals surface area (Å²) in [6.07, 6.45) is 21.1. The zero-order valence-electron chi connectivity index (χ0n) is 31.2. The molecule has 5 atom stereocenters. The van der Waals surface area contributed by atoms with Gasteiger partial charge in [-0.1, -0.05) is 121 Å². The Labute approximate surface area is 313 Å². The molecule has 0 amide bonds. The number of unbranched alkanes of at least 4 members (excludes halogenated alkanes) is 14. The molecule has 3 aromatic rings. The van der Waals surface area contributed by atoms with Crippen LogP contribution in [0.3, 0.4) is 0 Å². The fourth-order valence-corrected chi connectivity index (χ4v) is 7.36. The van der Waals surface area contributed by atoms with Crippen molar-refractivity contribution in [3.05, 3.63) is 42.7 Å². The normalized spacial score (nSPS) is 14.9. The molecule has 53 heavy (non-hydrogen) atoms. The molecule has 0 radical (unpaired) electrons. The number of imidazole rings is 1. The molecule has 5 N–H and O–H groups in total. The third-order valence-corrected chi connectivity index (χ3v) is 10.6. The highest BCUT2D eigenvalue weighted by Crippen LogP contribution is 2.45. The zero-order valence-corrected chi connectivity index (χ0v) is 32.1. The van der Waals surface area contributed by atoms with Gasteiger partial charge in [0, 0.05) is 6.42 Å². The van der Waals surface area contributed by atoms with Gasteiger partial charge in [-0.2, -0.15) is 19.4 Å². The van der Waals surface area contributed by atoms with Crippen LogP contribution in [0.5, 0.6) is 5.75 Å². The molecule has 13 nitrogen and oxygen atoms in total. The Morgan fingerprint density at radius 3 is 2.15 bits per heavy atom. The molecule has 0 aliphatic rings. The van der Waals surface area contributed by atoms with Gasteiger partial charge in [0.25, 0.3) is 0 Å². The van der Waals surface area contributed by atoms with E-state index >= 15 is 0 Å².